The molecule has 1 aliphatic heterocycles. The molecule has 5 rings (SSSR count). The summed E-state index contributed by atoms with van der Waals surface area (Å²) in [6, 6.07) is 25.4. The van der Waals surface area contributed by atoms with Gasteiger partial charge in [-0.15, -0.1) is 0 Å². The maximum atomic E-state index is 14.5. The largest absolute Gasteiger partial charge is 0.497 e. The summed E-state index contributed by atoms with van der Waals surface area (Å²) in [7, 11) is 3.16. The van der Waals surface area contributed by atoms with Crippen LogP contribution in [0.2, 0.25) is 10.0 Å². The summed E-state index contributed by atoms with van der Waals surface area (Å²) < 4.78 is 23.9. The van der Waals surface area contributed by atoms with E-state index < -0.39 is 17.6 Å². The van der Waals surface area contributed by atoms with Gasteiger partial charge in [0.1, 0.15) is 17.2 Å². The quantitative estimate of drug-likeness (QED) is 0.0958. The molecule has 0 unspecified atom stereocenters. The smallest absolute Gasteiger partial charge is 0.266 e. The molecule has 1 amide bonds. The fraction of sp³-hybridized carbons (Fsp3) is 0.257. The first kappa shape index (κ1) is 34.5. The van der Waals surface area contributed by atoms with E-state index in [2.05, 4.69) is 26.8 Å². The van der Waals surface area contributed by atoms with Gasteiger partial charge in [-0.25, -0.2) is 10.4 Å². The molecule has 0 saturated heterocycles. The van der Waals surface area contributed by atoms with Gasteiger partial charge in [-0.1, -0.05) is 63.4 Å². The van der Waals surface area contributed by atoms with Gasteiger partial charge < -0.3 is 24.1 Å². The van der Waals surface area contributed by atoms with Crippen molar-refractivity contribution in [1.29, 1.82) is 0 Å². The second kappa shape index (κ2) is 15.9. The first-order valence-corrected chi connectivity index (χ1v) is 16.4. The van der Waals surface area contributed by atoms with E-state index in [0.29, 0.717) is 51.4 Å². The van der Waals surface area contributed by atoms with Crippen LogP contribution in [0.4, 0.5) is 0 Å². The van der Waals surface area contributed by atoms with Gasteiger partial charge in [-0.3, -0.25) is 10.2 Å². The Morgan fingerprint density at radius 1 is 0.979 bits per heavy atom. The molecule has 4 aromatic carbocycles. The predicted octanol–water partition coefficient (Wildman–Crippen LogP) is 6.85. The zero-order valence-corrected chi connectivity index (χ0v) is 28.9. The second-order valence-corrected chi connectivity index (χ2v) is 12.4. The lowest BCUT2D eigenvalue weighted by atomic mass is 9.82. The molecule has 1 heterocycles. The zero-order valence-electron chi connectivity index (χ0n) is 25.8. The number of amides is 1. The number of aliphatic imine (C=N–C) groups is 1. The van der Waals surface area contributed by atoms with Gasteiger partial charge >= 0.3 is 0 Å². The topological polar surface area (TPSA) is 111 Å². The number of halogens is 3. The number of benzene rings is 4. The molecule has 4 aromatic rings. The number of carbonyl (C=O) groups excluding carboxylic acids is 1. The number of aliphatic hydroxyl groups is 1. The van der Waals surface area contributed by atoms with Gasteiger partial charge in [-0.2, -0.15) is 0 Å². The number of hydrogen-bond donors (Lipinski definition) is 3. The van der Waals surface area contributed by atoms with Gasteiger partial charge in [0.25, 0.3) is 5.91 Å². The Labute approximate surface area is 291 Å². The van der Waals surface area contributed by atoms with Gasteiger partial charge in [0, 0.05) is 57.7 Å². The second-order valence-electron chi connectivity index (χ2n) is 10.8. The number of aliphatic hydroxyl groups excluding tert-OH is 1. The summed E-state index contributed by atoms with van der Waals surface area (Å²) in [6.45, 7) is 0.697. The highest BCUT2D eigenvalue weighted by Crippen LogP contribution is 2.45. The summed E-state index contributed by atoms with van der Waals surface area (Å²) in [6.07, 6.45) is -0.231. The minimum atomic E-state index is -1.51. The molecule has 0 spiro atoms. The highest BCUT2D eigenvalue weighted by atomic mass is 79.9. The summed E-state index contributed by atoms with van der Waals surface area (Å²) in [5.74, 6) is 1.71. The fourth-order valence-corrected chi connectivity index (χ4v) is 6.14. The number of hydrogen-bond acceptors (Lipinski definition) is 8. The lowest BCUT2D eigenvalue weighted by molar-refractivity contribution is -0.130. The number of rotatable bonds is 14. The Bertz CT molecular complexity index is 1720. The van der Waals surface area contributed by atoms with Crippen molar-refractivity contribution >= 4 is 50.9 Å². The molecule has 1 aliphatic rings. The van der Waals surface area contributed by atoms with Crippen LogP contribution in [0.15, 0.2) is 94.4 Å². The maximum Gasteiger partial charge on any atom is 0.266 e. The van der Waals surface area contributed by atoms with E-state index in [1.54, 1.807) is 50.6 Å². The normalized spacial score (nSPS) is 17.1. The third-order valence-electron chi connectivity index (χ3n) is 7.60. The summed E-state index contributed by atoms with van der Waals surface area (Å²) in [5, 5.41) is 9.87. The minimum absolute atomic E-state index is 0.0433. The van der Waals surface area contributed by atoms with Gasteiger partial charge in [0.15, 0.2) is 11.6 Å². The van der Waals surface area contributed by atoms with Crippen molar-refractivity contribution in [3.8, 4) is 17.2 Å². The third-order valence-corrected chi connectivity index (χ3v) is 8.93. The van der Waals surface area contributed by atoms with E-state index in [-0.39, 0.29) is 25.5 Å². The van der Waals surface area contributed by atoms with Crippen LogP contribution in [0.3, 0.4) is 0 Å². The average molecular weight is 743 g/mol. The molecule has 3 N–H and O–H groups in total. The Kier molecular flexibility index (Phi) is 11.7. The molecular weight excluding hydrogens is 709 g/mol. The zero-order chi connectivity index (χ0) is 33.4. The molecule has 9 nitrogen and oxygen atoms in total. The van der Waals surface area contributed by atoms with E-state index in [0.717, 1.165) is 15.6 Å². The SMILES string of the molecule is COc1cc(CNNC(=O)[C@@]2(Cc3ccccc3Br)N=C(c3ccc(OCCCO)cc3)O[C@H]2c2ccc(Cl)cc2Cl)cc(OC)c1. The van der Waals surface area contributed by atoms with Crippen molar-refractivity contribution in [2.45, 2.75) is 31.0 Å². The number of carbonyl (C=O) groups is 1. The summed E-state index contributed by atoms with van der Waals surface area (Å²) in [5.41, 5.74) is 7.30. The Balaban J connectivity index is 1.54. The van der Waals surface area contributed by atoms with Crippen molar-refractivity contribution in [3.05, 3.63) is 122 Å². The van der Waals surface area contributed by atoms with E-state index in [1.165, 1.54) is 0 Å². The first-order chi connectivity index (χ1) is 22.8. The molecule has 0 radical (unpaired) electrons. The van der Waals surface area contributed by atoms with Gasteiger partial charge in [-0.05, 0) is 65.7 Å². The third kappa shape index (κ3) is 8.20. The number of methoxy groups -OCH3 is 2. The van der Waals surface area contributed by atoms with Crippen LogP contribution in [-0.2, 0) is 22.5 Å². The van der Waals surface area contributed by atoms with Crippen LogP contribution in [0.25, 0.3) is 0 Å². The van der Waals surface area contributed by atoms with Crippen LogP contribution in [0.1, 0.15) is 34.8 Å². The highest BCUT2D eigenvalue weighted by Gasteiger charge is 2.54. The predicted molar refractivity (Wildman–Crippen MR) is 186 cm³/mol. The number of ether oxygens (including phenoxy) is 4. The monoisotopic (exact) mass is 741 g/mol. The van der Waals surface area contributed by atoms with Crippen LogP contribution in [0, 0.1) is 0 Å². The summed E-state index contributed by atoms with van der Waals surface area (Å²) in [4.78, 5) is 19.6. The van der Waals surface area contributed by atoms with E-state index >= 15 is 0 Å². The van der Waals surface area contributed by atoms with Gasteiger partial charge in [0.2, 0.25) is 5.90 Å². The minimum Gasteiger partial charge on any atom is -0.497 e. The number of nitrogens with zero attached hydrogens (tertiary/aromatic N) is 1. The van der Waals surface area contributed by atoms with Crippen molar-refractivity contribution in [3.63, 3.8) is 0 Å². The molecular formula is C35H34BrCl2N3O6. The van der Waals surface area contributed by atoms with E-state index in [4.69, 9.17) is 52.2 Å². The lowest BCUT2D eigenvalue weighted by Gasteiger charge is -2.31. The lowest BCUT2D eigenvalue weighted by Crippen LogP contribution is -2.53. The van der Waals surface area contributed by atoms with E-state index in [9.17, 15) is 4.79 Å². The molecule has 0 fully saturated rings. The highest BCUT2D eigenvalue weighted by molar-refractivity contribution is 9.10. The molecule has 12 heteroatoms. The van der Waals surface area contributed by atoms with Gasteiger partial charge in [0.05, 0.1) is 20.8 Å². The average Bonchev–Trinajstić information content (AvgIpc) is 3.46. The van der Waals surface area contributed by atoms with Crippen molar-refractivity contribution in [2.24, 2.45) is 4.99 Å². The van der Waals surface area contributed by atoms with E-state index in [1.807, 2.05) is 48.5 Å². The molecule has 47 heavy (non-hydrogen) atoms. The Morgan fingerprint density at radius 3 is 2.36 bits per heavy atom. The van der Waals surface area contributed by atoms with Crippen LogP contribution >= 0.6 is 39.1 Å². The van der Waals surface area contributed by atoms with Crippen LogP contribution < -0.4 is 25.1 Å². The standard InChI is InChI=1S/C35H34BrCl2N3O6/c1-44-27-16-22(17-28(19-27)45-2)21-39-41-34(43)35(20-24-6-3-4-7-30(24)36)32(29-13-10-25(37)18-31(29)38)47-33(40-35)23-8-11-26(12-9-23)46-15-5-14-42/h3-4,6-13,16-19,32,39,42H,5,14-15,20-21H2,1-2H3,(H,41,43)/t32-,35-/m0/s1. The van der Waals surface area contributed by atoms with Crippen LogP contribution in [0.5, 0.6) is 17.2 Å². The maximum absolute atomic E-state index is 14.5. The Hall–Kier alpha value is -3.80. The van der Waals surface area contributed by atoms with Crippen molar-refractivity contribution < 1.29 is 28.8 Å². The number of hydrazine groups is 1. The number of nitrogens with one attached hydrogen (secondary N) is 2. The Morgan fingerprint density at radius 2 is 1.70 bits per heavy atom. The van der Waals surface area contributed by atoms with Crippen LogP contribution in [-0.4, -0.2) is 49.9 Å². The molecule has 0 aliphatic carbocycles. The molecule has 0 saturated carbocycles. The molecule has 0 aromatic heterocycles. The van der Waals surface area contributed by atoms with Crippen molar-refractivity contribution in [1.82, 2.24) is 10.9 Å². The van der Waals surface area contributed by atoms with Crippen molar-refractivity contribution in [2.75, 3.05) is 27.4 Å². The fourth-order valence-electron chi connectivity index (χ4n) is 5.21. The molecule has 2 atom stereocenters. The first-order valence-electron chi connectivity index (χ1n) is 14.8. The molecule has 246 valence electrons. The summed E-state index contributed by atoms with van der Waals surface area (Å²) >= 11 is 16.7. The molecule has 0 bridgehead atoms.